The summed E-state index contributed by atoms with van der Waals surface area (Å²) in [5.41, 5.74) is 1.91. The predicted molar refractivity (Wildman–Crippen MR) is 116 cm³/mol. The minimum absolute atomic E-state index is 0.115. The zero-order chi connectivity index (χ0) is 22.9. The number of alkyl halides is 3. The van der Waals surface area contributed by atoms with E-state index >= 15 is 0 Å². The second-order valence-corrected chi connectivity index (χ2v) is 11.1. The number of rotatable bonds is 4. The molecule has 2 saturated carbocycles. The number of nitrogens with zero attached hydrogens (tertiary/aromatic N) is 1. The number of carbonyl (C=O) groups is 1. The average Bonchev–Trinajstić information content (AvgIpc) is 3.09. The van der Waals surface area contributed by atoms with Gasteiger partial charge in [-0.25, -0.2) is 0 Å². The van der Waals surface area contributed by atoms with Crippen molar-refractivity contribution >= 4 is 16.8 Å². The quantitative estimate of drug-likeness (QED) is 0.590. The lowest BCUT2D eigenvalue weighted by Crippen LogP contribution is -2.61. The number of likely N-dealkylation sites (tertiary alicyclic amines) is 1. The Labute approximate surface area is 186 Å². The van der Waals surface area contributed by atoms with E-state index in [0.29, 0.717) is 33.2 Å². The highest BCUT2D eigenvalue weighted by Crippen LogP contribution is 2.61. The molecule has 3 aliphatic rings. The van der Waals surface area contributed by atoms with Gasteiger partial charge in [-0.05, 0) is 72.5 Å². The van der Waals surface area contributed by atoms with Gasteiger partial charge >= 0.3 is 6.36 Å². The number of H-pyrrole nitrogens is 1. The van der Waals surface area contributed by atoms with Crippen LogP contribution in [0.25, 0.3) is 10.9 Å². The molecule has 7 heteroatoms. The van der Waals surface area contributed by atoms with Crippen LogP contribution in [-0.4, -0.2) is 34.7 Å². The van der Waals surface area contributed by atoms with Crippen LogP contribution in [0.15, 0.2) is 24.4 Å². The standard InChI is InChI=1S/C25H31F3N2O2/c1-15(18-12-29-19-5-4-6-20(22(18)19)32-25(26,27)28)9-21(31)30-13-16-7-8-23(2)10-17(30)11-24(16,3)14-23/h4-6,12,15-17,29H,7-11,13-14H2,1-3H3. The molecular formula is C25H31F3N2O2. The minimum Gasteiger partial charge on any atom is -0.405 e. The van der Waals surface area contributed by atoms with E-state index in [0.717, 1.165) is 19.4 Å². The van der Waals surface area contributed by atoms with Crippen LogP contribution in [0.2, 0.25) is 0 Å². The Hall–Kier alpha value is -2.18. The Morgan fingerprint density at radius 1 is 1.31 bits per heavy atom. The van der Waals surface area contributed by atoms with E-state index in [-0.39, 0.29) is 30.0 Å². The lowest BCUT2D eigenvalue weighted by atomic mass is 9.49. The third-order valence-electron chi connectivity index (χ3n) is 8.46. The summed E-state index contributed by atoms with van der Waals surface area (Å²) < 4.78 is 43.0. The topological polar surface area (TPSA) is 45.3 Å². The predicted octanol–water partition coefficient (Wildman–Crippen LogP) is 6.38. The summed E-state index contributed by atoms with van der Waals surface area (Å²) in [6, 6.07) is 4.86. The van der Waals surface area contributed by atoms with Crippen LogP contribution in [0.4, 0.5) is 13.2 Å². The van der Waals surface area contributed by atoms with Crippen LogP contribution in [0.5, 0.6) is 5.75 Å². The van der Waals surface area contributed by atoms with Crippen LogP contribution in [0, 0.1) is 16.7 Å². The Kier molecular flexibility index (Phi) is 4.84. The van der Waals surface area contributed by atoms with Gasteiger partial charge in [-0.2, -0.15) is 0 Å². The molecule has 1 aromatic heterocycles. The number of amides is 1. The van der Waals surface area contributed by atoms with Gasteiger partial charge in [0.1, 0.15) is 5.75 Å². The number of aromatic nitrogens is 1. The van der Waals surface area contributed by atoms with Crippen molar-refractivity contribution in [1.29, 1.82) is 0 Å². The Morgan fingerprint density at radius 3 is 2.84 bits per heavy atom. The van der Waals surface area contributed by atoms with Gasteiger partial charge in [-0.3, -0.25) is 4.79 Å². The van der Waals surface area contributed by atoms with E-state index in [1.807, 2.05) is 6.92 Å². The molecule has 3 bridgehead atoms. The van der Waals surface area contributed by atoms with Crippen molar-refractivity contribution in [2.45, 2.75) is 77.6 Å². The van der Waals surface area contributed by atoms with Crippen LogP contribution in [0.3, 0.4) is 0 Å². The molecule has 1 aromatic carbocycles. The number of nitrogens with one attached hydrogen (secondary N) is 1. The molecular weight excluding hydrogens is 417 g/mol. The highest BCUT2D eigenvalue weighted by Gasteiger charge is 2.56. The number of halogens is 3. The van der Waals surface area contributed by atoms with E-state index in [1.54, 1.807) is 12.3 Å². The molecule has 1 aliphatic heterocycles. The zero-order valence-corrected chi connectivity index (χ0v) is 18.9. The summed E-state index contributed by atoms with van der Waals surface area (Å²) in [4.78, 5) is 18.6. The largest absolute Gasteiger partial charge is 0.573 e. The number of fused-ring (bicyclic) bond motifs is 3. The van der Waals surface area contributed by atoms with Gasteiger partial charge in [-0.1, -0.05) is 26.8 Å². The molecule has 174 valence electrons. The fourth-order valence-corrected chi connectivity index (χ4v) is 7.16. The minimum atomic E-state index is -4.77. The molecule has 32 heavy (non-hydrogen) atoms. The Bertz CT molecular complexity index is 1050. The molecule has 3 fully saturated rings. The number of aromatic amines is 1. The molecule has 2 heterocycles. The van der Waals surface area contributed by atoms with Gasteiger partial charge in [0, 0.05) is 36.1 Å². The monoisotopic (exact) mass is 448 g/mol. The van der Waals surface area contributed by atoms with Crippen LogP contribution >= 0.6 is 0 Å². The third-order valence-corrected chi connectivity index (χ3v) is 8.46. The highest BCUT2D eigenvalue weighted by atomic mass is 19.4. The Balaban J connectivity index is 1.37. The summed E-state index contributed by atoms with van der Waals surface area (Å²) in [5, 5.41) is 0.403. The van der Waals surface area contributed by atoms with Crippen molar-refractivity contribution in [3.8, 4) is 5.75 Å². The van der Waals surface area contributed by atoms with Crippen molar-refractivity contribution in [2.75, 3.05) is 6.54 Å². The number of piperidine rings is 1. The highest BCUT2D eigenvalue weighted by molar-refractivity contribution is 5.90. The first-order chi connectivity index (χ1) is 15.0. The van der Waals surface area contributed by atoms with Crippen LogP contribution < -0.4 is 4.74 Å². The van der Waals surface area contributed by atoms with Gasteiger partial charge in [0.05, 0.1) is 0 Å². The van der Waals surface area contributed by atoms with Crippen molar-refractivity contribution in [2.24, 2.45) is 16.7 Å². The molecule has 2 aromatic rings. The van der Waals surface area contributed by atoms with Crippen LogP contribution in [-0.2, 0) is 4.79 Å². The van der Waals surface area contributed by atoms with E-state index in [1.165, 1.54) is 31.4 Å². The maximum Gasteiger partial charge on any atom is 0.573 e. The first kappa shape index (κ1) is 21.7. The summed E-state index contributed by atoms with van der Waals surface area (Å²) in [5.74, 6) is 0.214. The van der Waals surface area contributed by atoms with Gasteiger partial charge in [0.2, 0.25) is 5.91 Å². The van der Waals surface area contributed by atoms with Gasteiger partial charge in [-0.15, -0.1) is 13.2 Å². The first-order valence-corrected chi connectivity index (χ1v) is 11.6. The smallest absolute Gasteiger partial charge is 0.405 e. The lowest BCUT2D eigenvalue weighted by Gasteiger charge is -2.62. The van der Waals surface area contributed by atoms with E-state index < -0.39 is 6.36 Å². The fraction of sp³-hybridized carbons (Fsp3) is 0.640. The molecule has 0 spiro atoms. The van der Waals surface area contributed by atoms with E-state index in [9.17, 15) is 18.0 Å². The maximum absolute atomic E-state index is 13.4. The number of carbonyl (C=O) groups excluding carboxylic acids is 1. The molecule has 5 unspecified atom stereocenters. The molecule has 2 aliphatic carbocycles. The zero-order valence-electron chi connectivity index (χ0n) is 18.9. The molecule has 1 saturated heterocycles. The SMILES string of the molecule is CC(CC(=O)N1CC2CCC3(C)CC1CC2(C)C3)c1c[nH]c2cccc(OC(F)(F)F)c12. The molecule has 1 N–H and O–H groups in total. The molecule has 4 nitrogen and oxygen atoms in total. The molecule has 1 amide bonds. The van der Waals surface area contributed by atoms with E-state index in [2.05, 4.69) is 28.5 Å². The number of ether oxygens (including phenoxy) is 1. The Morgan fingerprint density at radius 2 is 2.09 bits per heavy atom. The van der Waals surface area contributed by atoms with Crippen molar-refractivity contribution in [3.05, 3.63) is 30.0 Å². The van der Waals surface area contributed by atoms with Gasteiger partial charge in [0.15, 0.2) is 0 Å². The summed E-state index contributed by atoms with van der Waals surface area (Å²) >= 11 is 0. The number of hydrogen-bond acceptors (Lipinski definition) is 2. The second-order valence-electron chi connectivity index (χ2n) is 11.1. The average molecular weight is 449 g/mol. The second kappa shape index (κ2) is 7.16. The fourth-order valence-electron chi connectivity index (χ4n) is 7.16. The third kappa shape index (κ3) is 3.67. The molecule has 5 atom stereocenters. The molecule has 0 radical (unpaired) electrons. The van der Waals surface area contributed by atoms with Gasteiger partial charge in [0.25, 0.3) is 0 Å². The van der Waals surface area contributed by atoms with Crippen molar-refractivity contribution in [3.63, 3.8) is 0 Å². The van der Waals surface area contributed by atoms with Crippen LogP contribution in [0.1, 0.15) is 70.8 Å². The lowest BCUT2D eigenvalue weighted by molar-refractivity contribution is -0.274. The first-order valence-electron chi connectivity index (χ1n) is 11.6. The normalized spacial score (nSPS) is 32.9. The summed E-state index contributed by atoms with van der Waals surface area (Å²) in [6.45, 7) is 7.50. The maximum atomic E-state index is 13.4. The number of hydrogen-bond donors (Lipinski definition) is 1. The van der Waals surface area contributed by atoms with E-state index in [4.69, 9.17) is 0 Å². The summed E-state index contributed by atoms with van der Waals surface area (Å²) in [7, 11) is 0. The van der Waals surface area contributed by atoms with Gasteiger partial charge < -0.3 is 14.6 Å². The van der Waals surface area contributed by atoms with Crippen molar-refractivity contribution < 1.29 is 22.7 Å². The number of benzene rings is 1. The van der Waals surface area contributed by atoms with Crippen molar-refractivity contribution in [1.82, 2.24) is 9.88 Å². The molecule has 5 rings (SSSR count). The summed E-state index contributed by atoms with van der Waals surface area (Å²) in [6.07, 6.45) is 3.05.